The summed E-state index contributed by atoms with van der Waals surface area (Å²) < 4.78 is 43.5. The van der Waals surface area contributed by atoms with E-state index < -0.39 is 17.8 Å². The zero-order valence-electron chi connectivity index (χ0n) is 13.3. The standard InChI is InChI=1S/C15H21F3N2O3.ClH/c1-20(14(22)7-4-8-19)9-11(21)10-23-13-6-3-2-5-12(13)15(16,17)18;/h2-3,5-6,11,21H,4,7-10,19H2,1H3;1H. The number of carbonyl (C=O) groups is 1. The van der Waals surface area contributed by atoms with Crippen LogP contribution in [0.3, 0.4) is 0 Å². The van der Waals surface area contributed by atoms with Crippen molar-refractivity contribution in [2.24, 2.45) is 5.73 Å². The maximum atomic E-state index is 12.8. The second-order valence-electron chi connectivity index (χ2n) is 5.13. The van der Waals surface area contributed by atoms with Crippen LogP contribution in [0.2, 0.25) is 0 Å². The summed E-state index contributed by atoms with van der Waals surface area (Å²) in [6.07, 6.45) is -4.83. The first-order valence-corrected chi connectivity index (χ1v) is 7.16. The molecule has 0 saturated carbocycles. The number of hydrogen-bond donors (Lipinski definition) is 2. The number of amides is 1. The van der Waals surface area contributed by atoms with Crippen molar-refractivity contribution in [2.75, 3.05) is 26.7 Å². The van der Waals surface area contributed by atoms with Crippen molar-refractivity contribution in [1.82, 2.24) is 4.90 Å². The lowest BCUT2D eigenvalue weighted by atomic mass is 10.2. The number of ether oxygens (including phenoxy) is 1. The van der Waals surface area contributed by atoms with E-state index in [-0.39, 0.29) is 43.6 Å². The third-order valence-electron chi connectivity index (χ3n) is 3.13. The van der Waals surface area contributed by atoms with E-state index >= 15 is 0 Å². The lowest BCUT2D eigenvalue weighted by Gasteiger charge is -2.22. The maximum Gasteiger partial charge on any atom is 0.419 e. The molecule has 1 unspecified atom stereocenters. The second kappa shape index (κ2) is 10.4. The summed E-state index contributed by atoms with van der Waals surface area (Å²) in [6.45, 7) is 0.0126. The zero-order chi connectivity index (χ0) is 17.5. The molecule has 0 radical (unpaired) electrons. The minimum absolute atomic E-state index is 0. The van der Waals surface area contributed by atoms with Crippen molar-refractivity contribution in [2.45, 2.75) is 25.1 Å². The first kappa shape index (κ1) is 22.5. The highest BCUT2D eigenvalue weighted by molar-refractivity contribution is 5.85. The number of alkyl halides is 3. The summed E-state index contributed by atoms with van der Waals surface area (Å²) in [5.74, 6) is -0.540. The van der Waals surface area contributed by atoms with Gasteiger partial charge in [0.1, 0.15) is 18.5 Å². The van der Waals surface area contributed by atoms with Crippen molar-refractivity contribution in [3.63, 3.8) is 0 Å². The molecule has 1 amide bonds. The van der Waals surface area contributed by atoms with Crippen molar-refractivity contribution >= 4 is 18.3 Å². The molecule has 3 N–H and O–H groups in total. The van der Waals surface area contributed by atoms with E-state index in [4.69, 9.17) is 10.5 Å². The van der Waals surface area contributed by atoms with Gasteiger partial charge < -0.3 is 20.5 Å². The number of rotatable bonds is 8. The van der Waals surface area contributed by atoms with E-state index in [1.807, 2.05) is 0 Å². The van der Waals surface area contributed by atoms with Gasteiger partial charge in [-0.25, -0.2) is 0 Å². The Morgan fingerprint density at radius 2 is 2.00 bits per heavy atom. The fraction of sp³-hybridized carbons (Fsp3) is 0.533. The van der Waals surface area contributed by atoms with E-state index in [2.05, 4.69) is 0 Å². The number of nitrogens with zero attached hydrogens (tertiary/aromatic N) is 1. The number of para-hydroxylation sites is 1. The number of likely N-dealkylation sites (N-methyl/N-ethyl adjacent to an activating group) is 1. The topological polar surface area (TPSA) is 75.8 Å². The maximum absolute atomic E-state index is 12.8. The molecule has 0 aliphatic heterocycles. The number of carbonyl (C=O) groups excluding carboxylic acids is 1. The van der Waals surface area contributed by atoms with Gasteiger partial charge in [0, 0.05) is 20.0 Å². The zero-order valence-corrected chi connectivity index (χ0v) is 14.1. The molecule has 1 aromatic carbocycles. The molecule has 0 saturated heterocycles. The Balaban J connectivity index is 0.00000529. The van der Waals surface area contributed by atoms with E-state index in [9.17, 15) is 23.1 Å². The minimum Gasteiger partial charge on any atom is -0.490 e. The lowest BCUT2D eigenvalue weighted by Crippen LogP contribution is -2.37. The molecule has 1 aromatic rings. The van der Waals surface area contributed by atoms with E-state index in [1.54, 1.807) is 0 Å². The van der Waals surface area contributed by atoms with Crippen molar-refractivity contribution in [1.29, 1.82) is 0 Å². The second-order valence-corrected chi connectivity index (χ2v) is 5.13. The van der Waals surface area contributed by atoms with Gasteiger partial charge in [0.05, 0.1) is 5.56 Å². The van der Waals surface area contributed by atoms with Gasteiger partial charge in [-0.1, -0.05) is 12.1 Å². The molecule has 24 heavy (non-hydrogen) atoms. The van der Waals surface area contributed by atoms with E-state index in [0.29, 0.717) is 13.0 Å². The fourth-order valence-corrected chi connectivity index (χ4v) is 1.93. The smallest absolute Gasteiger partial charge is 0.419 e. The summed E-state index contributed by atoms with van der Waals surface area (Å²) in [6, 6.07) is 4.77. The average Bonchev–Trinajstić information content (AvgIpc) is 2.49. The number of hydrogen-bond acceptors (Lipinski definition) is 4. The normalized spacial score (nSPS) is 12.2. The van der Waals surface area contributed by atoms with Crippen LogP contribution >= 0.6 is 12.4 Å². The van der Waals surface area contributed by atoms with E-state index in [0.717, 1.165) is 6.07 Å². The number of halogens is 4. The molecule has 0 aromatic heterocycles. The lowest BCUT2D eigenvalue weighted by molar-refractivity contribution is -0.139. The van der Waals surface area contributed by atoms with Crippen molar-refractivity contribution < 1.29 is 27.8 Å². The number of benzene rings is 1. The van der Waals surface area contributed by atoms with Gasteiger partial charge in [0.15, 0.2) is 0 Å². The quantitative estimate of drug-likeness (QED) is 0.734. The molecule has 1 atom stereocenters. The molecular weight excluding hydrogens is 349 g/mol. The van der Waals surface area contributed by atoms with Crippen LogP contribution < -0.4 is 10.5 Å². The molecule has 9 heteroatoms. The first-order valence-electron chi connectivity index (χ1n) is 7.16. The minimum atomic E-state index is -4.53. The Bertz CT molecular complexity index is 515. The van der Waals surface area contributed by atoms with Gasteiger partial charge >= 0.3 is 6.18 Å². The van der Waals surface area contributed by atoms with Crippen LogP contribution in [0.4, 0.5) is 13.2 Å². The van der Waals surface area contributed by atoms with Gasteiger partial charge in [0.2, 0.25) is 5.91 Å². The molecule has 0 aliphatic carbocycles. The van der Waals surface area contributed by atoms with E-state index in [1.165, 1.54) is 30.1 Å². The van der Waals surface area contributed by atoms with Gasteiger partial charge in [0.25, 0.3) is 0 Å². The largest absolute Gasteiger partial charge is 0.490 e. The molecule has 0 aliphatic rings. The van der Waals surface area contributed by atoms with Gasteiger partial charge in [-0.2, -0.15) is 13.2 Å². The van der Waals surface area contributed by atoms with Gasteiger partial charge in [-0.15, -0.1) is 12.4 Å². The Morgan fingerprint density at radius 3 is 2.58 bits per heavy atom. The Morgan fingerprint density at radius 1 is 1.38 bits per heavy atom. The summed E-state index contributed by atoms with van der Waals surface area (Å²) in [4.78, 5) is 13.0. The van der Waals surface area contributed by atoms with Crippen molar-refractivity contribution in [3.05, 3.63) is 29.8 Å². The third kappa shape index (κ3) is 7.37. The molecule has 0 fully saturated rings. The van der Waals surface area contributed by atoms with Crippen LogP contribution in [0.25, 0.3) is 0 Å². The number of nitrogens with two attached hydrogens (primary N) is 1. The van der Waals surface area contributed by atoms with Gasteiger partial charge in [-0.3, -0.25) is 4.79 Å². The molecule has 1 rings (SSSR count). The predicted molar refractivity (Wildman–Crippen MR) is 86.1 cm³/mol. The van der Waals surface area contributed by atoms with Crippen molar-refractivity contribution in [3.8, 4) is 5.75 Å². The van der Waals surface area contributed by atoms with Crippen LogP contribution in [-0.4, -0.2) is 48.8 Å². The first-order chi connectivity index (χ1) is 10.8. The summed E-state index contributed by atoms with van der Waals surface area (Å²) in [5.41, 5.74) is 4.40. The van der Waals surface area contributed by atoms with Gasteiger partial charge in [-0.05, 0) is 25.1 Å². The SMILES string of the molecule is CN(CC(O)COc1ccccc1C(F)(F)F)C(=O)CCCN.Cl. The average molecular weight is 371 g/mol. The van der Waals surface area contributed by atoms with Crippen LogP contribution in [0.15, 0.2) is 24.3 Å². The van der Waals surface area contributed by atoms with Crippen LogP contribution in [0, 0.1) is 0 Å². The highest BCUT2D eigenvalue weighted by Crippen LogP contribution is 2.35. The van der Waals surface area contributed by atoms with Crippen LogP contribution in [0.5, 0.6) is 5.75 Å². The summed E-state index contributed by atoms with van der Waals surface area (Å²) in [7, 11) is 1.51. The highest BCUT2D eigenvalue weighted by Gasteiger charge is 2.34. The molecular formula is C15H22ClF3N2O3. The fourth-order valence-electron chi connectivity index (χ4n) is 1.93. The predicted octanol–water partition coefficient (Wildman–Crippen LogP) is 2.06. The molecule has 138 valence electrons. The van der Waals surface area contributed by atoms with Crippen LogP contribution in [0.1, 0.15) is 18.4 Å². The third-order valence-corrected chi connectivity index (χ3v) is 3.13. The summed E-state index contributed by atoms with van der Waals surface area (Å²) in [5, 5.41) is 9.82. The Labute approximate surface area is 145 Å². The summed E-state index contributed by atoms with van der Waals surface area (Å²) >= 11 is 0. The number of aliphatic hydroxyl groups excluding tert-OH is 1. The van der Waals surface area contributed by atoms with Crippen LogP contribution in [-0.2, 0) is 11.0 Å². The Hall–Kier alpha value is -1.51. The molecule has 0 bridgehead atoms. The highest BCUT2D eigenvalue weighted by atomic mass is 35.5. The Kier molecular flexibility index (Phi) is 9.72. The monoisotopic (exact) mass is 370 g/mol. The number of aliphatic hydroxyl groups is 1. The molecule has 0 heterocycles. The molecule has 0 spiro atoms. The molecule has 5 nitrogen and oxygen atoms in total.